The molecule has 1 unspecified atom stereocenters. The normalized spacial score (nSPS) is 19.6. The summed E-state index contributed by atoms with van der Waals surface area (Å²) in [6, 6.07) is 4.73. The lowest BCUT2D eigenvalue weighted by Crippen LogP contribution is -2.34. The number of piperidine rings is 1. The molecule has 1 fully saturated rings. The molecule has 1 saturated heterocycles. The van der Waals surface area contributed by atoms with Gasteiger partial charge in [0.2, 0.25) is 0 Å². The van der Waals surface area contributed by atoms with E-state index in [1.54, 1.807) is 0 Å². The lowest BCUT2D eigenvalue weighted by molar-refractivity contribution is 0.157. The van der Waals surface area contributed by atoms with Gasteiger partial charge in [0, 0.05) is 18.4 Å². The Morgan fingerprint density at radius 1 is 1.19 bits per heavy atom. The molecule has 16 heavy (non-hydrogen) atoms. The van der Waals surface area contributed by atoms with Crippen LogP contribution in [-0.4, -0.2) is 29.5 Å². The zero-order valence-electron chi connectivity index (χ0n) is 9.81. The number of pyridine rings is 1. The summed E-state index contributed by atoms with van der Waals surface area (Å²) in [4.78, 5) is 6.66. The van der Waals surface area contributed by atoms with Crippen molar-refractivity contribution in [2.45, 2.75) is 31.7 Å². The molecule has 2 N–H and O–H groups in total. The van der Waals surface area contributed by atoms with Crippen molar-refractivity contribution >= 4 is 0 Å². The maximum Gasteiger partial charge on any atom is 0.0361 e. The second kappa shape index (κ2) is 5.97. The van der Waals surface area contributed by atoms with Gasteiger partial charge in [0.05, 0.1) is 0 Å². The van der Waals surface area contributed by atoms with E-state index in [2.05, 4.69) is 22.0 Å². The van der Waals surface area contributed by atoms with Gasteiger partial charge in [-0.25, -0.2) is 0 Å². The van der Waals surface area contributed by atoms with Gasteiger partial charge in [0.1, 0.15) is 0 Å². The largest absolute Gasteiger partial charge is 0.330 e. The Kier molecular flexibility index (Phi) is 4.31. The Labute approximate surface area is 97.7 Å². The number of nitrogens with two attached hydrogens (primary N) is 1. The summed E-state index contributed by atoms with van der Waals surface area (Å²) < 4.78 is 0. The zero-order valence-corrected chi connectivity index (χ0v) is 9.81. The molecule has 2 heterocycles. The summed E-state index contributed by atoms with van der Waals surface area (Å²) in [6.45, 7) is 3.18. The van der Waals surface area contributed by atoms with Crippen LogP contribution in [0.15, 0.2) is 24.5 Å². The van der Waals surface area contributed by atoms with Gasteiger partial charge in [-0.1, -0.05) is 6.42 Å². The minimum Gasteiger partial charge on any atom is -0.330 e. The smallest absolute Gasteiger partial charge is 0.0361 e. The summed E-state index contributed by atoms with van der Waals surface area (Å²) in [5.74, 6) is 0. The molecule has 1 aliphatic rings. The maximum atomic E-state index is 5.73. The molecule has 2 rings (SSSR count). The number of likely N-dealkylation sites (tertiary alicyclic amines) is 1. The van der Waals surface area contributed by atoms with Crippen molar-refractivity contribution in [2.24, 2.45) is 5.73 Å². The minimum absolute atomic E-state index is 0.494. The number of aromatic nitrogens is 1. The molecule has 0 spiro atoms. The number of nitrogens with zero attached hydrogens (tertiary/aromatic N) is 2. The molecule has 0 bridgehead atoms. The first-order valence-electron chi connectivity index (χ1n) is 6.26. The Morgan fingerprint density at radius 2 is 1.88 bits per heavy atom. The van der Waals surface area contributed by atoms with E-state index < -0.39 is 0 Å². The number of hydrogen-bond acceptors (Lipinski definition) is 3. The Balaban J connectivity index is 2.09. The van der Waals surface area contributed by atoms with Gasteiger partial charge in [-0.3, -0.25) is 9.88 Å². The highest BCUT2D eigenvalue weighted by molar-refractivity contribution is 5.15. The van der Waals surface area contributed by atoms with Crippen LogP contribution < -0.4 is 5.73 Å². The van der Waals surface area contributed by atoms with E-state index in [1.165, 1.54) is 37.9 Å². The maximum absolute atomic E-state index is 5.73. The van der Waals surface area contributed by atoms with E-state index in [4.69, 9.17) is 5.73 Å². The molecule has 0 radical (unpaired) electrons. The van der Waals surface area contributed by atoms with Crippen LogP contribution >= 0.6 is 0 Å². The standard InChI is InChI=1S/C13H21N3/c14-7-4-13(12-5-8-15-9-6-12)16-10-2-1-3-11-16/h5-6,8-9,13H,1-4,7,10-11,14H2. The first-order chi connectivity index (χ1) is 7.92. The highest BCUT2D eigenvalue weighted by Crippen LogP contribution is 2.26. The van der Waals surface area contributed by atoms with Crippen molar-refractivity contribution in [3.63, 3.8) is 0 Å². The fourth-order valence-electron chi connectivity index (χ4n) is 2.53. The molecule has 0 saturated carbocycles. The monoisotopic (exact) mass is 219 g/mol. The van der Waals surface area contributed by atoms with Crippen LogP contribution in [0.5, 0.6) is 0 Å². The summed E-state index contributed by atoms with van der Waals surface area (Å²) >= 11 is 0. The molecular weight excluding hydrogens is 198 g/mol. The minimum atomic E-state index is 0.494. The third kappa shape index (κ3) is 2.80. The quantitative estimate of drug-likeness (QED) is 0.841. The fraction of sp³-hybridized carbons (Fsp3) is 0.615. The van der Waals surface area contributed by atoms with Crippen molar-refractivity contribution in [1.29, 1.82) is 0 Å². The summed E-state index contributed by atoms with van der Waals surface area (Å²) in [7, 11) is 0. The topological polar surface area (TPSA) is 42.1 Å². The van der Waals surface area contributed by atoms with Gasteiger partial charge < -0.3 is 5.73 Å². The predicted molar refractivity (Wildman–Crippen MR) is 66.1 cm³/mol. The second-order valence-corrected chi connectivity index (χ2v) is 4.47. The van der Waals surface area contributed by atoms with Gasteiger partial charge in [0.25, 0.3) is 0 Å². The summed E-state index contributed by atoms with van der Waals surface area (Å²) in [5.41, 5.74) is 7.09. The number of hydrogen-bond donors (Lipinski definition) is 1. The average molecular weight is 219 g/mol. The fourth-order valence-corrected chi connectivity index (χ4v) is 2.53. The van der Waals surface area contributed by atoms with Crippen LogP contribution in [0, 0.1) is 0 Å². The molecule has 1 aliphatic heterocycles. The van der Waals surface area contributed by atoms with Gasteiger partial charge in [0.15, 0.2) is 0 Å². The van der Waals surface area contributed by atoms with Gasteiger partial charge in [-0.2, -0.15) is 0 Å². The van der Waals surface area contributed by atoms with E-state index in [0.29, 0.717) is 6.04 Å². The van der Waals surface area contributed by atoms with Crippen molar-refractivity contribution in [2.75, 3.05) is 19.6 Å². The van der Waals surface area contributed by atoms with Gasteiger partial charge >= 0.3 is 0 Å². The van der Waals surface area contributed by atoms with Crippen LogP contribution in [0.4, 0.5) is 0 Å². The van der Waals surface area contributed by atoms with Crippen molar-refractivity contribution in [3.8, 4) is 0 Å². The first kappa shape index (κ1) is 11.6. The van der Waals surface area contributed by atoms with E-state index in [1.807, 2.05) is 12.4 Å². The van der Waals surface area contributed by atoms with Crippen molar-refractivity contribution < 1.29 is 0 Å². The molecule has 0 aromatic carbocycles. The Bertz CT molecular complexity index is 293. The van der Waals surface area contributed by atoms with E-state index >= 15 is 0 Å². The SMILES string of the molecule is NCCC(c1ccncc1)N1CCCCC1. The summed E-state index contributed by atoms with van der Waals surface area (Å²) in [5, 5.41) is 0. The molecule has 1 aromatic rings. The third-order valence-corrected chi connectivity index (χ3v) is 3.36. The molecule has 3 nitrogen and oxygen atoms in total. The molecule has 3 heteroatoms. The first-order valence-corrected chi connectivity index (χ1v) is 6.26. The van der Waals surface area contributed by atoms with Crippen molar-refractivity contribution in [3.05, 3.63) is 30.1 Å². The molecule has 1 atom stereocenters. The van der Waals surface area contributed by atoms with Crippen LogP contribution in [0.1, 0.15) is 37.3 Å². The number of rotatable bonds is 4. The zero-order chi connectivity index (χ0) is 11.2. The van der Waals surface area contributed by atoms with E-state index in [-0.39, 0.29) is 0 Å². The highest BCUT2D eigenvalue weighted by Gasteiger charge is 2.21. The Morgan fingerprint density at radius 3 is 2.50 bits per heavy atom. The highest BCUT2D eigenvalue weighted by atomic mass is 15.2. The second-order valence-electron chi connectivity index (χ2n) is 4.47. The molecular formula is C13H21N3. The molecule has 0 amide bonds. The van der Waals surface area contributed by atoms with Crippen LogP contribution in [0.25, 0.3) is 0 Å². The predicted octanol–water partition coefficient (Wildman–Crippen LogP) is 1.96. The third-order valence-electron chi connectivity index (χ3n) is 3.36. The average Bonchev–Trinajstić information content (AvgIpc) is 2.38. The van der Waals surface area contributed by atoms with Crippen LogP contribution in [0.2, 0.25) is 0 Å². The van der Waals surface area contributed by atoms with E-state index in [0.717, 1.165) is 13.0 Å². The molecule has 1 aromatic heterocycles. The van der Waals surface area contributed by atoms with Crippen LogP contribution in [-0.2, 0) is 0 Å². The lowest BCUT2D eigenvalue weighted by Gasteiger charge is -2.34. The molecule has 0 aliphatic carbocycles. The van der Waals surface area contributed by atoms with E-state index in [9.17, 15) is 0 Å². The van der Waals surface area contributed by atoms with Crippen molar-refractivity contribution in [1.82, 2.24) is 9.88 Å². The molecule has 88 valence electrons. The van der Waals surface area contributed by atoms with Gasteiger partial charge in [-0.15, -0.1) is 0 Å². The Hall–Kier alpha value is -0.930. The van der Waals surface area contributed by atoms with Gasteiger partial charge in [-0.05, 0) is 56.6 Å². The van der Waals surface area contributed by atoms with Crippen LogP contribution in [0.3, 0.4) is 0 Å². The summed E-state index contributed by atoms with van der Waals surface area (Å²) in [6.07, 6.45) is 8.83. The lowest BCUT2D eigenvalue weighted by atomic mass is 10.00.